The molecule has 12 nitrogen and oxygen atoms in total. The smallest absolute Gasteiger partial charge is 0.335 e. The van der Waals surface area contributed by atoms with Crippen LogP contribution in [0.1, 0.15) is 19.8 Å². The quantitative estimate of drug-likeness (QED) is 0.459. The molecule has 27 heavy (non-hydrogen) atoms. The number of anilines is 1. The van der Waals surface area contributed by atoms with Gasteiger partial charge in [0.25, 0.3) is 0 Å². The highest BCUT2D eigenvalue weighted by molar-refractivity contribution is 7.90. The number of methoxy groups -OCH3 is 3. The van der Waals surface area contributed by atoms with E-state index in [0.717, 1.165) is 6.42 Å². The predicted octanol–water partition coefficient (Wildman–Crippen LogP) is 0.172. The van der Waals surface area contributed by atoms with E-state index in [1.54, 1.807) is 0 Å². The molecule has 1 atom stereocenters. The fourth-order valence-corrected chi connectivity index (χ4v) is 3.14. The summed E-state index contributed by atoms with van der Waals surface area (Å²) in [5.74, 6) is -0.602. The minimum atomic E-state index is -3.95. The number of hydrogen-bond donors (Lipinski definition) is 2. The standard InChI is InChI=1S/C14H25N5O7S/c1-5-6-10(26-8-7-23-2)9-27(21,22)19-12(20)15-11-16-13(24-3)18-14(17-11)25-4/h10H,5-9H2,1-4H3,(H2,15,16,17,18,19,20). The molecule has 1 aromatic heterocycles. The van der Waals surface area contributed by atoms with Crippen LogP contribution in [-0.4, -0.2) is 75.8 Å². The molecule has 2 N–H and O–H groups in total. The lowest BCUT2D eigenvalue weighted by molar-refractivity contribution is 0.0238. The molecule has 2 amide bonds. The number of hydrogen-bond acceptors (Lipinski definition) is 10. The van der Waals surface area contributed by atoms with Crippen LogP contribution in [0.5, 0.6) is 12.0 Å². The Morgan fingerprint density at radius 1 is 1.07 bits per heavy atom. The van der Waals surface area contributed by atoms with Crippen LogP contribution in [0.4, 0.5) is 10.7 Å². The Bertz CT molecular complexity index is 679. The molecule has 1 rings (SSSR count). The lowest BCUT2D eigenvalue weighted by atomic mass is 10.2. The molecule has 0 aliphatic rings. The van der Waals surface area contributed by atoms with E-state index in [1.165, 1.54) is 21.3 Å². The highest BCUT2D eigenvalue weighted by Crippen LogP contribution is 2.12. The number of rotatable bonds is 12. The predicted molar refractivity (Wildman–Crippen MR) is 95.4 cm³/mol. The molecule has 13 heteroatoms. The van der Waals surface area contributed by atoms with Crippen molar-refractivity contribution in [3.8, 4) is 12.0 Å². The third kappa shape index (κ3) is 8.79. The van der Waals surface area contributed by atoms with Gasteiger partial charge in [0, 0.05) is 7.11 Å². The first-order valence-corrected chi connectivity index (χ1v) is 9.74. The van der Waals surface area contributed by atoms with Gasteiger partial charge in [0.05, 0.1) is 39.3 Å². The Labute approximate surface area is 158 Å². The summed E-state index contributed by atoms with van der Waals surface area (Å²) in [6.45, 7) is 2.51. The summed E-state index contributed by atoms with van der Waals surface area (Å²) in [4.78, 5) is 23.3. The Hall–Kier alpha value is -2.25. The summed E-state index contributed by atoms with van der Waals surface area (Å²) in [6, 6.07) is -1.23. The number of aromatic nitrogens is 3. The number of sulfonamides is 1. The Kier molecular flexibility index (Phi) is 9.67. The Morgan fingerprint density at radius 2 is 1.70 bits per heavy atom. The van der Waals surface area contributed by atoms with E-state index in [-0.39, 0.29) is 30.3 Å². The Balaban J connectivity index is 2.70. The van der Waals surface area contributed by atoms with E-state index in [4.69, 9.17) is 18.9 Å². The average molecular weight is 407 g/mol. The van der Waals surface area contributed by atoms with Crippen molar-refractivity contribution < 1.29 is 32.2 Å². The summed E-state index contributed by atoms with van der Waals surface area (Å²) < 4.78 is 46.4. The number of urea groups is 1. The number of amides is 2. The number of nitrogens with one attached hydrogen (secondary N) is 2. The molecule has 1 unspecified atom stereocenters. The molecule has 0 aliphatic heterocycles. The molecule has 0 aliphatic carbocycles. The molecule has 0 spiro atoms. The third-order valence-corrected chi connectivity index (χ3v) is 4.40. The first-order chi connectivity index (χ1) is 12.8. The fourth-order valence-electron chi connectivity index (χ4n) is 1.97. The second-order valence-corrected chi connectivity index (χ2v) is 7.01. The van der Waals surface area contributed by atoms with Crippen molar-refractivity contribution >= 4 is 22.0 Å². The maximum Gasteiger partial charge on any atom is 0.335 e. The molecule has 154 valence electrons. The molecular weight excluding hydrogens is 382 g/mol. The van der Waals surface area contributed by atoms with Gasteiger partial charge in [0.2, 0.25) is 16.0 Å². The van der Waals surface area contributed by atoms with Gasteiger partial charge in [0.15, 0.2) is 0 Å². The van der Waals surface area contributed by atoms with Gasteiger partial charge in [0.1, 0.15) is 0 Å². The summed E-state index contributed by atoms with van der Waals surface area (Å²) >= 11 is 0. The first kappa shape index (κ1) is 22.8. The molecule has 0 bridgehead atoms. The summed E-state index contributed by atoms with van der Waals surface area (Å²) in [5.41, 5.74) is 0. The van der Waals surface area contributed by atoms with Gasteiger partial charge < -0.3 is 18.9 Å². The summed E-state index contributed by atoms with van der Waals surface area (Å²) in [5, 5.41) is 2.19. The molecule has 1 aromatic rings. The minimum absolute atomic E-state index is 0.102. The molecule has 0 saturated heterocycles. The van der Waals surface area contributed by atoms with Crippen LogP contribution in [-0.2, 0) is 19.5 Å². The van der Waals surface area contributed by atoms with Gasteiger partial charge in [-0.3, -0.25) is 5.32 Å². The van der Waals surface area contributed by atoms with Crippen LogP contribution in [0, 0.1) is 0 Å². The second-order valence-electron chi connectivity index (χ2n) is 5.24. The van der Waals surface area contributed by atoms with Crippen molar-refractivity contribution in [2.75, 3.05) is 45.6 Å². The number of ether oxygens (including phenoxy) is 4. The van der Waals surface area contributed by atoms with Crippen LogP contribution < -0.4 is 19.5 Å². The normalized spacial score (nSPS) is 12.3. The van der Waals surface area contributed by atoms with Gasteiger partial charge in [-0.15, -0.1) is 4.98 Å². The lowest BCUT2D eigenvalue weighted by Crippen LogP contribution is -2.40. The van der Waals surface area contributed by atoms with Crippen LogP contribution in [0.25, 0.3) is 0 Å². The van der Waals surface area contributed by atoms with Crippen molar-refractivity contribution in [2.45, 2.75) is 25.9 Å². The number of carbonyl (C=O) groups excluding carboxylic acids is 1. The molecular formula is C14H25N5O7S. The van der Waals surface area contributed by atoms with Gasteiger partial charge in [-0.25, -0.2) is 17.9 Å². The van der Waals surface area contributed by atoms with E-state index in [1.807, 2.05) is 11.6 Å². The Morgan fingerprint density at radius 3 is 2.22 bits per heavy atom. The molecule has 0 aromatic carbocycles. The molecule has 0 radical (unpaired) electrons. The highest BCUT2D eigenvalue weighted by Gasteiger charge is 2.22. The van der Waals surface area contributed by atoms with Crippen molar-refractivity contribution in [2.24, 2.45) is 0 Å². The average Bonchev–Trinajstić information content (AvgIpc) is 2.60. The fraction of sp³-hybridized carbons (Fsp3) is 0.714. The van der Waals surface area contributed by atoms with Crippen LogP contribution in [0.3, 0.4) is 0 Å². The third-order valence-electron chi connectivity index (χ3n) is 3.09. The summed E-state index contributed by atoms with van der Waals surface area (Å²) in [7, 11) is 0.207. The van der Waals surface area contributed by atoms with Crippen molar-refractivity contribution in [1.29, 1.82) is 0 Å². The number of carbonyl (C=O) groups is 1. The zero-order valence-corrected chi connectivity index (χ0v) is 16.5. The lowest BCUT2D eigenvalue weighted by Gasteiger charge is -2.17. The molecule has 0 fully saturated rings. The summed E-state index contributed by atoms with van der Waals surface area (Å²) in [6.07, 6.45) is 0.686. The van der Waals surface area contributed by atoms with Gasteiger partial charge >= 0.3 is 18.1 Å². The first-order valence-electron chi connectivity index (χ1n) is 8.09. The van der Waals surface area contributed by atoms with Crippen LogP contribution in [0.2, 0.25) is 0 Å². The van der Waals surface area contributed by atoms with Crippen LogP contribution in [0.15, 0.2) is 0 Å². The van der Waals surface area contributed by atoms with Crippen LogP contribution >= 0.6 is 0 Å². The monoisotopic (exact) mass is 407 g/mol. The highest BCUT2D eigenvalue weighted by atomic mass is 32.2. The second kappa shape index (κ2) is 11.5. The molecule has 1 heterocycles. The number of nitrogens with zero attached hydrogens (tertiary/aromatic N) is 3. The van der Waals surface area contributed by atoms with E-state index in [9.17, 15) is 13.2 Å². The maximum atomic E-state index is 12.2. The van der Waals surface area contributed by atoms with E-state index in [0.29, 0.717) is 13.0 Å². The van der Waals surface area contributed by atoms with Crippen molar-refractivity contribution in [1.82, 2.24) is 19.7 Å². The maximum absolute atomic E-state index is 12.2. The van der Waals surface area contributed by atoms with Gasteiger partial charge in [-0.05, 0) is 6.42 Å². The SMILES string of the molecule is CCCC(CS(=O)(=O)NC(=O)Nc1nc(OC)nc(OC)n1)OCCOC. The zero-order chi connectivity index (χ0) is 20.3. The minimum Gasteiger partial charge on any atom is -0.467 e. The van der Waals surface area contributed by atoms with Gasteiger partial charge in [-0.1, -0.05) is 13.3 Å². The van der Waals surface area contributed by atoms with E-state index >= 15 is 0 Å². The molecule has 0 saturated carbocycles. The van der Waals surface area contributed by atoms with E-state index in [2.05, 4.69) is 20.3 Å². The van der Waals surface area contributed by atoms with Crippen molar-refractivity contribution in [3.63, 3.8) is 0 Å². The van der Waals surface area contributed by atoms with Gasteiger partial charge in [-0.2, -0.15) is 9.97 Å². The van der Waals surface area contributed by atoms with E-state index < -0.39 is 22.2 Å². The topological polar surface area (TPSA) is 151 Å². The largest absolute Gasteiger partial charge is 0.467 e. The zero-order valence-electron chi connectivity index (χ0n) is 15.7. The van der Waals surface area contributed by atoms with Crippen molar-refractivity contribution in [3.05, 3.63) is 0 Å².